The maximum Gasteiger partial charge on any atom is 0.163 e. The largest absolute Gasteiger partial charge is 0.486 e. The molecule has 2 heterocycles. The Hall–Kier alpha value is -1.85. The van der Waals surface area contributed by atoms with Gasteiger partial charge in [-0.2, -0.15) is 0 Å². The van der Waals surface area contributed by atoms with E-state index < -0.39 is 0 Å². The highest BCUT2D eigenvalue weighted by molar-refractivity contribution is 6.32. The van der Waals surface area contributed by atoms with Crippen molar-refractivity contribution in [2.75, 3.05) is 0 Å². The van der Waals surface area contributed by atoms with E-state index in [0.717, 1.165) is 18.5 Å². The number of ketones is 1. The van der Waals surface area contributed by atoms with Crippen molar-refractivity contribution < 1.29 is 9.53 Å². The summed E-state index contributed by atoms with van der Waals surface area (Å²) in [6, 6.07) is 5.31. The van der Waals surface area contributed by atoms with E-state index in [1.807, 2.05) is 17.7 Å². The Morgan fingerprint density at radius 2 is 1.96 bits per heavy atom. The third-order valence-corrected chi connectivity index (χ3v) is 5.59. The first-order chi connectivity index (χ1) is 13.0. The van der Waals surface area contributed by atoms with E-state index >= 15 is 0 Å². The monoisotopic (exact) mass is 403 g/mol. The van der Waals surface area contributed by atoms with Crippen LogP contribution in [0.3, 0.4) is 0 Å². The molecular formula is C22H30ClN3O2. The predicted molar refractivity (Wildman–Crippen MR) is 112 cm³/mol. The highest BCUT2D eigenvalue weighted by Gasteiger charge is 2.38. The molecule has 0 amide bonds. The van der Waals surface area contributed by atoms with E-state index in [1.165, 1.54) is 0 Å². The van der Waals surface area contributed by atoms with E-state index in [2.05, 4.69) is 38.0 Å². The topological polar surface area (TPSA) is 56.2 Å². The Morgan fingerprint density at radius 3 is 2.54 bits per heavy atom. The van der Waals surface area contributed by atoms with Gasteiger partial charge in [0.15, 0.2) is 5.78 Å². The zero-order valence-corrected chi connectivity index (χ0v) is 18.1. The number of benzene rings is 1. The van der Waals surface area contributed by atoms with Crippen LogP contribution < -0.4 is 10.1 Å². The van der Waals surface area contributed by atoms with Crippen molar-refractivity contribution in [3.05, 3.63) is 47.0 Å². The third-order valence-electron chi connectivity index (χ3n) is 5.29. The number of imidazole rings is 1. The number of piperidine rings is 1. The number of hydrogen-bond acceptors (Lipinski definition) is 4. The van der Waals surface area contributed by atoms with Crippen LogP contribution in [0, 0.1) is 5.92 Å². The maximum atomic E-state index is 12.9. The average Bonchev–Trinajstić information content (AvgIpc) is 2.95. The molecule has 1 aromatic carbocycles. The van der Waals surface area contributed by atoms with Gasteiger partial charge in [-0.3, -0.25) is 4.79 Å². The number of ether oxygens (including phenoxy) is 1. The second-order valence-electron chi connectivity index (χ2n) is 9.22. The number of halogens is 1. The maximum absolute atomic E-state index is 12.9. The van der Waals surface area contributed by atoms with Gasteiger partial charge in [0.2, 0.25) is 0 Å². The van der Waals surface area contributed by atoms with Gasteiger partial charge in [0.1, 0.15) is 12.4 Å². The summed E-state index contributed by atoms with van der Waals surface area (Å²) in [5.74, 6) is 1.07. The molecule has 0 saturated carbocycles. The lowest BCUT2D eigenvalue weighted by atomic mass is 9.74. The van der Waals surface area contributed by atoms with Crippen LogP contribution in [0.2, 0.25) is 5.02 Å². The second kappa shape index (κ2) is 7.88. The molecule has 0 atom stereocenters. The van der Waals surface area contributed by atoms with Gasteiger partial charge in [-0.15, -0.1) is 0 Å². The summed E-state index contributed by atoms with van der Waals surface area (Å²) in [4.78, 5) is 16.9. The Bertz CT molecular complexity index is 841. The second-order valence-corrected chi connectivity index (χ2v) is 9.63. The molecule has 1 N–H and O–H groups in total. The average molecular weight is 404 g/mol. The lowest BCUT2D eigenvalue weighted by molar-refractivity contribution is 0.0864. The van der Waals surface area contributed by atoms with Crippen LogP contribution in [0.15, 0.2) is 30.7 Å². The lowest BCUT2D eigenvalue weighted by Crippen LogP contribution is -2.57. The van der Waals surface area contributed by atoms with Crippen molar-refractivity contribution in [1.82, 2.24) is 14.9 Å². The van der Waals surface area contributed by atoms with Gasteiger partial charge in [0.05, 0.1) is 23.2 Å². The molecule has 2 aromatic rings. The van der Waals surface area contributed by atoms with Crippen LogP contribution in [-0.4, -0.2) is 26.4 Å². The van der Waals surface area contributed by atoms with Crippen molar-refractivity contribution in [3.63, 3.8) is 0 Å². The zero-order chi connectivity index (χ0) is 20.5. The molecular weight excluding hydrogens is 374 g/mol. The SMILES string of the molecule is Cn1cncc1COc1ccc(C(=O)CC2CC(C)(C)NC(C)(C)C2)cc1Cl. The number of rotatable bonds is 6. The number of carbonyl (C=O) groups excluding carboxylic acids is 1. The number of Topliss-reactive ketones (excluding diaryl/α,β-unsaturated/α-hetero) is 1. The fraction of sp³-hybridized carbons (Fsp3) is 0.545. The minimum absolute atomic E-state index is 0.0356. The van der Waals surface area contributed by atoms with Gasteiger partial charge in [-0.25, -0.2) is 4.98 Å². The Kier molecular flexibility index (Phi) is 5.87. The summed E-state index contributed by atoms with van der Waals surface area (Å²) in [7, 11) is 1.92. The summed E-state index contributed by atoms with van der Waals surface area (Å²) in [5, 5.41) is 4.12. The van der Waals surface area contributed by atoms with E-state index in [1.54, 1.807) is 24.7 Å². The molecule has 5 nitrogen and oxygen atoms in total. The van der Waals surface area contributed by atoms with Gasteiger partial charge in [0.25, 0.3) is 0 Å². The van der Waals surface area contributed by atoms with Crippen molar-refractivity contribution in [1.29, 1.82) is 0 Å². The van der Waals surface area contributed by atoms with Gasteiger partial charge in [-0.05, 0) is 64.7 Å². The Labute approximate surface area is 172 Å². The fourth-order valence-electron chi connectivity index (χ4n) is 4.52. The highest BCUT2D eigenvalue weighted by atomic mass is 35.5. The van der Waals surface area contributed by atoms with E-state index in [4.69, 9.17) is 16.3 Å². The summed E-state index contributed by atoms with van der Waals surface area (Å²) < 4.78 is 7.69. The summed E-state index contributed by atoms with van der Waals surface area (Å²) in [5.41, 5.74) is 1.67. The van der Waals surface area contributed by atoms with Gasteiger partial charge >= 0.3 is 0 Å². The number of nitrogens with zero attached hydrogens (tertiary/aromatic N) is 2. The molecule has 1 fully saturated rings. The molecule has 6 heteroatoms. The van der Waals surface area contributed by atoms with Crippen LogP contribution in [-0.2, 0) is 13.7 Å². The van der Waals surface area contributed by atoms with Crippen molar-refractivity contribution in [2.24, 2.45) is 13.0 Å². The zero-order valence-electron chi connectivity index (χ0n) is 17.4. The smallest absolute Gasteiger partial charge is 0.163 e. The summed E-state index contributed by atoms with van der Waals surface area (Å²) in [6.07, 6.45) is 6.00. The Balaban J connectivity index is 1.64. The van der Waals surface area contributed by atoms with E-state index in [-0.39, 0.29) is 16.9 Å². The lowest BCUT2D eigenvalue weighted by Gasteiger charge is -2.46. The molecule has 152 valence electrons. The molecule has 0 bridgehead atoms. The molecule has 1 aliphatic rings. The number of nitrogens with one attached hydrogen (secondary N) is 1. The number of aryl methyl sites for hydroxylation is 1. The first-order valence-corrected chi connectivity index (χ1v) is 10.1. The standard InChI is InChI=1S/C22H30ClN3O2/c1-21(2)10-15(11-22(3,4)25-21)8-19(27)16-6-7-20(18(23)9-16)28-13-17-12-24-14-26(17)5/h6-7,9,12,14-15,25H,8,10-11,13H2,1-5H3. The minimum atomic E-state index is 0.0356. The molecule has 1 aliphatic heterocycles. The summed E-state index contributed by atoms with van der Waals surface area (Å²) in [6.45, 7) is 9.20. The molecule has 0 unspecified atom stereocenters. The molecule has 0 aliphatic carbocycles. The number of aromatic nitrogens is 2. The van der Waals surface area contributed by atoms with Gasteiger partial charge in [-0.1, -0.05) is 11.6 Å². The highest BCUT2D eigenvalue weighted by Crippen LogP contribution is 2.36. The quantitative estimate of drug-likeness (QED) is 0.705. The summed E-state index contributed by atoms with van der Waals surface area (Å²) >= 11 is 6.38. The molecule has 0 radical (unpaired) electrons. The van der Waals surface area contributed by atoms with Crippen molar-refractivity contribution in [2.45, 2.75) is 64.6 Å². The Morgan fingerprint density at radius 1 is 1.29 bits per heavy atom. The molecule has 1 aromatic heterocycles. The third kappa shape index (κ3) is 5.15. The predicted octanol–water partition coefficient (Wildman–Crippen LogP) is 4.78. The van der Waals surface area contributed by atoms with Crippen molar-refractivity contribution in [3.8, 4) is 5.75 Å². The number of carbonyl (C=O) groups is 1. The van der Waals surface area contributed by atoms with Crippen LogP contribution in [0.1, 0.15) is 63.0 Å². The van der Waals surface area contributed by atoms with Crippen LogP contribution in [0.5, 0.6) is 5.75 Å². The molecule has 3 rings (SSSR count). The molecule has 0 spiro atoms. The van der Waals surface area contributed by atoms with E-state index in [0.29, 0.717) is 35.3 Å². The first-order valence-electron chi connectivity index (χ1n) is 9.75. The van der Waals surface area contributed by atoms with E-state index in [9.17, 15) is 4.79 Å². The minimum Gasteiger partial charge on any atom is -0.486 e. The fourth-order valence-corrected chi connectivity index (χ4v) is 4.76. The van der Waals surface area contributed by atoms with Crippen LogP contribution >= 0.6 is 11.6 Å². The number of hydrogen-bond donors (Lipinski definition) is 1. The van der Waals surface area contributed by atoms with Gasteiger partial charge < -0.3 is 14.6 Å². The van der Waals surface area contributed by atoms with Crippen LogP contribution in [0.25, 0.3) is 0 Å². The van der Waals surface area contributed by atoms with Gasteiger partial charge in [0, 0.05) is 30.1 Å². The first kappa shape index (κ1) is 20.9. The molecule has 1 saturated heterocycles. The normalized spacial score (nSPS) is 18.8. The van der Waals surface area contributed by atoms with Crippen molar-refractivity contribution >= 4 is 17.4 Å². The van der Waals surface area contributed by atoms with Crippen LogP contribution in [0.4, 0.5) is 0 Å². The molecule has 28 heavy (non-hydrogen) atoms.